The second-order valence-electron chi connectivity index (χ2n) is 13.5. The monoisotopic (exact) mass is 518 g/mol. The molecule has 4 rings (SSSR count). The molecule has 3 N–H and O–H groups in total. The van der Waals surface area contributed by atoms with Gasteiger partial charge in [0.2, 0.25) is 0 Å². The smallest absolute Gasteiger partial charge is 0.307 e. The summed E-state index contributed by atoms with van der Waals surface area (Å²) in [4.78, 5) is 11.6. The van der Waals surface area contributed by atoms with E-state index in [2.05, 4.69) is 32.9 Å². The minimum absolute atomic E-state index is 0.107. The molecule has 6 nitrogen and oxygen atoms in total. The first kappa shape index (κ1) is 28.8. The highest BCUT2D eigenvalue weighted by atomic mass is 16.5. The summed E-state index contributed by atoms with van der Waals surface area (Å²) in [5.41, 5.74) is 1.79. The molecular formula is C31H50O6. The first-order chi connectivity index (χ1) is 17.3. The quantitative estimate of drug-likeness (QED) is 0.374. The lowest BCUT2D eigenvalue weighted by Crippen LogP contribution is -2.59. The molecule has 6 heteroatoms. The topological polar surface area (TPSA) is 96.2 Å². The largest absolute Gasteiger partial charge is 0.469 e. The number of ether oxygens (including phenoxy) is 2. The summed E-state index contributed by atoms with van der Waals surface area (Å²) >= 11 is 0. The Morgan fingerprint density at radius 3 is 2.57 bits per heavy atom. The van der Waals surface area contributed by atoms with Crippen molar-refractivity contribution in [1.29, 1.82) is 0 Å². The molecule has 4 aliphatic rings. The zero-order valence-electron chi connectivity index (χ0n) is 23.8. The number of hydrogen-bond donors (Lipinski definition) is 3. The summed E-state index contributed by atoms with van der Waals surface area (Å²) < 4.78 is 10.6. The standard InChI is InChI=1S/C31H50O6/c1-19(8-7-15-29(2,3)35)22-11-12-23-21-10-9-20-18-25(32)27(37-17-14-26(33)36-6)28(34)31(20,5)24(21)13-16-30(22,23)4/h9-10,19,22-25,27-28,32,34-35H,7-8,11-18H2,1-6H3. The number of carbonyl (C=O) groups excluding carboxylic acids is 1. The molecule has 3 fully saturated rings. The Morgan fingerprint density at radius 2 is 1.89 bits per heavy atom. The Labute approximate surface area is 223 Å². The molecule has 210 valence electrons. The van der Waals surface area contributed by atoms with Gasteiger partial charge in [-0.3, -0.25) is 4.79 Å². The van der Waals surface area contributed by atoms with Crippen LogP contribution in [0.4, 0.5) is 0 Å². The van der Waals surface area contributed by atoms with Crippen molar-refractivity contribution in [2.24, 2.45) is 34.5 Å². The Kier molecular flexibility index (Phi) is 8.36. The van der Waals surface area contributed by atoms with Gasteiger partial charge in [-0.2, -0.15) is 0 Å². The fraction of sp³-hybridized carbons (Fsp3) is 0.839. The van der Waals surface area contributed by atoms with E-state index < -0.39 is 29.3 Å². The van der Waals surface area contributed by atoms with Crippen LogP contribution in [0.3, 0.4) is 0 Å². The van der Waals surface area contributed by atoms with E-state index in [4.69, 9.17) is 9.47 Å². The average molecular weight is 519 g/mol. The molecule has 9 atom stereocenters. The predicted octanol–water partition coefficient (Wildman–Crippen LogP) is 4.95. The number of rotatable bonds is 9. The predicted molar refractivity (Wildman–Crippen MR) is 144 cm³/mol. The Bertz CT molecular complexity index is 902. The first-order valence-corrected chi connectivity index (χ1v) is 14.5. The van der Waals surface area contributed by atoms with Gasteiger partial charge in [0.1, 0.15) is 6.10 Å². The number of aliphatic hydroxyl groups is 3. The van der Waals surface area contributed by atoms with Gasteiger partial charge < -0.3 is 24.8 Å². The average Bonchev–Trinajstić information content (AvgIpc) is 3.18. The van der Waals surface area contributed by atoms with Crippen LogP contribution >= 0.6 is 0 Å². The molecule has 0 heterocycles. The van der Waals surface area contributed by atoms with Gasteiger partial charge in [-0.1, -0.05) is 56.9 Å². The minimum atomic E-state index is -0.837. The second-order valence-corrected chi connectivity index (χ2v) is 13.5. The second kappa shape index (κ2) is 10.7. The third kappa shape index (κ3) is 5.33. The number of hydrogen-bond acceptors (Lipinski definition) is 6. The summed E-state index contributed by atoms with van der Waals surface area (Å²) in [5.74, 6) is 1.70. The molecule has 0 radical (unpaired) electrons. The highest BCUT2D eigenvalue weighted by Gasteiger charge is 2.60. The molecule has 0 saturated heterocycles. The summed E-state index contributed by atoms with van der Waals surface area (Å²) in [7, 11) is 1.35. The number of allylic oxidation sites excluding steroid dienone is 3. The molecule has 9 unspecified atom stereocenters. The summed E-state index contributed by atoms with van der Waals surface area (Å²) in [6.45, 7) is 11.0. The van der Waals surface area contributed by atoms with Gasteiger partial charge in [-0.25, -0.2) is 0 Å². The summed E-state index contributed by atoms with van der Waals surface area (Å²) in [5, 5.41) is 32.7. The van der Waals surface area contributed by atoms with Crippen molar-refractivity contribution in [3.63, 3.8) is 0 Å². The van der Waals surface area contributed by atoms with E-state index in [0.717, 1.165) is 37.7 Å². The Balaban J connectivity index is 1.50. The molecule has 0 bridgehead atoms. The van der Waals surface area contributed by atoms with Crippen LogP contribution in [0.2, 0.25) is 0 Å². The normalized spacial score (nSPS) is 40.1. The van der Waals surface area contributed by atoms with Crippen LogP contribution in [0.5, 0.6) is 0 Å². The zero-order valence-corrected chi connectivity index (χ0v) is 23.8. The van der Waals surface area contributed by atoms with E-state index in [9.17, 15) is 20.1 Å². The van der Waals surface area contributed by atoms with Crippen LogP contribution in [0, 0.1) is 34.5 Å². The lowest BCUT2D eigenvalue weighted by Gasteiger charge is -2.57. The van der Waals surface area contributed by atoms with Crippen molar-refractivity contribution in [3.8, 4) is 0 Å². The van der Waals surface area contributed by atoms with Crippen LogP contribution in [0.25, 0.3) is 0 Å². The fourth-order valence-corrected chi connectivity index (χ4v) is 8.67. The van der Waals surface area contributed by atoms with Gasteiger partial charge >= 0.3 is 5.97 Å². The fourth-order valence-electron chi connectivity index (χ4n) is 8.67. The van der Waals surface area contributed by atoms with Crippen LogP contribution < -0.4 is 0 Å². The van der Waals surface area contributed by atoms with Gasteiger partial charge in [0.05, 0.1) is 37.9 Å². The molecule has 37 heavy (non-hydrogen) atoms. The molecule has 0 aromatic carbocycles. The van der Waals surface area contributed by atoms with Gasteiger partial charge in [0, 0.05) is 5.41 Å². The van der Waals surface area contributed by atoms with Crippen molar-refractivity contribution >= 4 is 5.97 Å². The zero-order chi connectivity index (χ0) is 27.2. The van der Waals surface area contributed by atoms with Gasteiger partial charge in [-0.15, -0.1) is 0 Å². The Hall–Kier alpha value is -1.21. The van der Waals surface area contributed by atoms with Crippen molar-refractivity contribution in [2.75, 3.05) is 13.7 Å². The molecule has 3 saturated carbocycles. The van der Waals surface area contributed by atoms with Crippen LogP contribution in [-0.4, -0.2) is 58.9 Å². The molecule has 0 aromatic heterocycles. The third-order valence-electron chi connectivity index (χ3n) is 10.8. The van der Waals surface area contributed by atoms with Crippen molar-refractivity contribution in [1.82, 2.24) is 0 Å². The maximum absolute atomic E-state index is 11.7. The molecule has 0 aromatic rings. The lowest BCUT2D eigenvalue weighted by atomic mass is 9.49. The maximum Gasteiger partial charge on any atom is 0.307 e. The van der Waals surface area contributed by atoms with Crippen molar-refractivity contribution in [2.45, 2.75) is 116 Å². The first-order valence-electron chi connectivity index (χ1n) is 14.5. The van der Waals surface area contributed by atoms with Crippen LogP contribution in [0.1, 0.15) is 92.4 Å². The number of carbonyl (C=O) groups is 1. The summed E-state index contributed by atoms with van der Waals surface area (Å²) in [6.07, 6.45) is 10.4. The van der Waals surface area contributed by atoms with E-state index in [1.807, 2.05) is 13.8 Å². The number of fused-ring (bicyclic) bond motifs is 5. The number of esters is 1. The summed E-state index contributed by atoms with van der Waals surface area (Å²) in [6, 6.07) is 0. The molecule has 4 aliphatic carbocycles. The van der Waals surface area contributed by atoms with E-state index in [1.165, 1.54) is 25.5 Å². The number of methoxy groups -OCH3 is 1. The van der Waals surface area contributed by atoms with Gasteiger partial charge in [0.25, 0.3) is 0 Å². The highest BCUT2D eigenvalue weighted by molar-refractivity contribution is 5.69. The van der Waals surface area contributed by atoms with Gasteiger partial charge in [-0.05, 0) is 81.5 Å². The van der Waals surface area contributed by atoms with E-state index >= 15 is 0 Å². The molecule has 0 aliphatic heterocycles. The SMILES string of the molecule is COC(=O)CCOC1C(O)CC2=CC=C3C4CCC(C(C)CCCC(C)(C)O)C4(C)CCC3C2(C)C1O. The molecular weight excluding hydrogens is 468 g/mol. The lowest BCUT2D eigenvalue weighted by molar-refractivity contribution is -0.166. The van der Waals surface area contributed by atoms with E-state index in [1.54, 1.807) is 0 Å². The van der Waals surface area contributed by atoms with E-state index in [0.29, 0.717) is 24.2 Å². The van der Waals surface area contributed by atoms with Crippen LogP contribution in [0.15, 0.2) is 23.3 Å². The molecule has 0 spiro atoms. The van der Waals surface area contributed by atoms with Crippen molar-refractivity contribution < 1.29 is 29.6 Å². The third-order valence-corrected chi connectivity index (χ3v) is 10.8. The minimum Gasteiger partial charge on any atom is -0.469 e. The van der Waals surface area contributed by atoms with Gasteiger partial charge in [0.15, 0.2) is 0 Å². The highest BCUT2D eigenvalue weighted by Crippen LogP contribution is 2.66. The Morgan fingerprint density at radius 1 is 1.16 bits per heavy atom. The maximum atomic E-state index is 11.7. The number of aliphatic hydroxyl groups excluding tert-OH is 2. The van der Waals surface area contributed by atoms with Crippen molar-refractivity contribution in [3.05, 3.63) is 23.3 Å². The van der Waals surface area contributed by atoms with E-state index in [-0.39, 0.29) is 30.3 Å². The molecule has 0 amide bonds. The van der Waals surface area contributed by atoms with Crippen LogP contribution in [-0.2, 0) is 14.3 Å².